The van der Waals surface area contributed by atoms with Gasteiger partial charge in [0.15, 0.2) is 0 Å². The van der Waals surface area contributed by atoms with Gasteiger partial charge in [-0.2, -0.15) is 5.10 Å². The Balaban J connectivity index is 0.00000133. The molecule has 0 aliphatic heterocycles. The van der Waals surface area contributed by atoms with Gasteiger partial charge in [-0.05, 0) is 50.3 Å². The highest BCUT2D eigenvalue weighted by Gasteiger charge is 2.22. The van der Waals surface area contributed by atoms with Crippen LogP contribution in [0.15, 0.2) is 28.9 Å². The molecule has 0 saturated heterocycles. The number of halogens is 2. The molecule has 104 valence electrons. The van der Waals surface area contributed by atoms with E-state index < -0.39 is 0 Å². The zero-order valence-electron chi connectivity index (χ0n) is 10.8. The van der Waals surface area contributed by atoms with Gasteiger partial charge in [0, 0.05) is 16.1 Å². The van der Waals surface area contributed by atoms with E-state index in [0.717, 1.165) is 22.5 Å². The molecule has 1 aliphatic carbocycles. The molecule has 0 spiro atoms. The van der Waals surface area contributed by atoms with Crippen LogP contribution in [0.25, 0.3) is 10.9 Å². The molecular formula is C14H19BrClN3. The minimum absolute atomic E-state index is 0. The summed E-state index contributed by atoms with van der Waals surface area (Å²) >= 11 is 3.49. The zero-order chi connectivity index (χ0) is 12.5. The van der Waals surface area contributed by atoms with Gasteiger partial charge in [0.2, 0.25) is 0 Å². The highest BCUT2D eigenvalue weighted by molar-refractivity contribution is 9.10. The van der Waals surface area contributed by atoms with E-state index in [1.54, 1.807) is 0 Å². The van der Waals surface area contributed by atoms with Gasteiger partial charge in [-0.1, -0.05) is 22.0 Å². The number of hydrogen-bond acceptors (Lipinski definition) is 2. The Bertz CT molecular complexity index is 547. The first kappa shape index (κ1) is 14.8. The van der Waals surface area contributed by atoms with E-state index in [9.17, 15) is 0 Å². The van der Waals surface area contributed by atoms with Crippen LogP contribution in [0.1, 0.15) is 31.7 Å². The Kier molecular flexibility index (Phi) is 4.87. The molecule has 0 unspecified atom stereocenters. The molecular weight excluding hydrogens is 326 g/mol. The van der Waals surface area contributed by atoms with Gasteiger partial charge in [0.25, 0.3) is 0 Å². The lowest BCUT2D eigenvalue weighted by Gasteiger charge is -2.27. The second-order valence-electron chi connectivity index (χ2n) is 5.22. The molecule has 1 saturated carbocycles. The van der Waals surface area contributed by atoms with Crippen LogP contribution in [0.4, 0.5) is 0 Å². The Morgan fingerprint density at radius 3 is 2.68 bits per heavy atom. The van der Waals surface area contributed by atoms with Crippen LogP contribution in [0.2, 0.25) is 0 Å². The van der Waals surface area contributed by atoms with Crippen molar-refractivity contribution in [1.29, 1.82) is 0 Å². The summed E-state index contributed by atoms with van der Waals surface area (Å²) in [5.74, 6) is 0.723. The molecule has 0 atom stereocenters. The van der Waals surface area contributed by atoms with Gasteiger partial charge >= 0.3 is 0 Å². The highest BCUT2D eigenvalue weighted by atomic mass is 79.9. The largest absolute Gasteiger partial charge is 0.330 e. The lowest BCUT2D eigenvalue weighted by molar-refractivity contribution is 0.266. The summed E-state index contributed by atoms with van der Waals surface area (Å²) in [6, 6.07) is 6.82. The molecule has 1 aromatic carbocycles. The zero-order valence-corrected chi connectivity index (χ0v) is 13.2. The molecule has 3 rings (SSSR count). The third-order valence-electron chi connectivity index (χ3n) is 4.01. The molecule has 19 heavy (non-hydrogen) atoms. The van der Waals surface area contributed by atoms with Crippen molar-refractivity contribution in [1.82, 2.24) is 9.78 Å². The van der Waals surface area contributed by atoms with Gasteiger partial charge in [-0.15, -0.1) is 12.4 Å². The van der Waals surface area contributed by atoms with E-state index in [2.05, 4.69) is 45.0 Å². The van der Waals surface area contributed by atoms with Gasteiger partial charge in [0.1, 0.15) is 0 Å². The average Bonchev–Trinajstić information content (AvgIpc) is 2.81. The van der Waals surface area contributed by atoms with Gasteiger partial charge in [0.05, 0.1) is 11.6 Å². The van der Waals surface area contributed by atoms with E-state index in [4.69, 9.17) is 10.8 Å². The predicted octanol–water partition coefficient (Wildman–Crippen LogP) is 3.91. The lowest BCUT2D eigenvalue weighted by atomic mass is 9.86. The molecule has 1 aliphatic rings. The molecule has 2 N–H and O–H groups in total. The monoisotopic (exact) mass is 343 g/mol. The van der Waals surface area contributed by atoms with Crippen molar-refractivity contribution in [2.24, 2.45) is 11.7 Å². The Morgan fingerprint density at radius 1 is 1.26 bits per heavy atom. The topological polar surface area (TPSA) is 43.8 Å². The van der Waals surface area contributed by atoms with E-state index >= 15 is 0 Å². The first-order valence-electron chi connectivity index (χ1n) is 6.61. The summed E-state index contributed by atoms with van der Waals surface area (Å²) < 4.78 is 3.25. The SMILES string of the molecule is Cl.NCC1CCC(n2cc3ccc(Br)cc3n2)CC1. The molecule has 2 aromatic rings. The molecule has 1 aromatic heterocycles. The number of nitrogens with two attached hydrogens (primary N) is 1. The summed E-state index contributed by atoms with van der Waals surface area (Å²) in [4.78, 5) is 0. The third-order valence-corrected chi connectivity index (χ3v) is 4.50. The molecule has 0 amide bonds. The maximum atomic E-state index is 5.74. The molecule has 3 nitrogen and oxygen atoms in total. The van der Waals surface area contributed by atoms with Gasteiger partial charge in [-0.3, -0.25) is 4.68 Å². The number of aromatic nitrogens is 2. The summed E-state index contributed by atoms with van der Waals surface area (Å²) in [6.07, 6.45) is 7.06. The van der Waals surface area contributed by atoms with Crippen molar-refractivity contribution < 1.29 is 0 Å². The van der Waals surface area contributed by atoms with Crippen LogP contribution in [-0.4, -0.2) is 16.3 Å². The standard InChI is InChI=1S/C14H18BrN3.ClH/c15-12-4-3-11-9-18(17-14(11)7-12)13-5-1-10(8-16)2-6-13;/h3-4,7,9-10,13H,1-2,5-6,8,16H2;1H. The normalized spacial score (nSPS) is 23.3. The fourth-order valence-electron chi connectivity index (χ4n) is 2.84. The first-order valence-corrected chi connectivity index (χ1v) is 7.40. The van der Waals surface area contributed by atoms with Crippen molar-refractivity contribution in [3.8, 4) is 0 Å². The number of hydrogen-bond donors (Lipinski definition) is 1. The lowest BCUT2D eigenvalue weighted by Crippen LogP contribution is -2.23. The summed E-state index contributed by atoms with van der Waals surface area (Å²) in [7, 11) is 0. The quantitative estimate of drug-likeness (QED) is 0.897. The fraction of sp³-hybridized carbons (Fsp3) is 0.500. The minimum Gasteiger partial charge on any atom is -0.330 e. The smallest absolute Gasteiger partial charge is 0.0934 e. The highest BCUT2D eigenvalue weighted by Crippen LogP contribution is 2.32. The van der Waals surface area contributed by atoms with Crippen LogP contribution >= 0.6 is 28.3 Å². The van der Waals surface area contributed by atoms with Crippen molar-refractivity contribution in [2.75, 3.05) is 6.54 Å². The Morgan fingerprint density at radius 2 is 2.00 bits per heavy atom. The van der Waals surface area contributed by atoms with Crippen molar-refractivity contribution in [2.45, 2.75) is 31.7 Å². The first-order chi connectivity index (χ1) is 8.76. The van der Waals surface area contributed by atoms with Crippen LogP contribution in [0.3, 0.4) is 0 Å². The molecule has 0 radical (unpaired) electrons. The van der Waals surface area contributed by atoms with Gasteiger partial charge in [-0.25, -0.2) is 0 Å². The summed E-state index contributed by atoms with van der Waals surface area (Å²) in [5.41, 5.74) is 6.81. The van der Waals surface area contributed by atoms with E-state index in [-0.39, 0.29) is 12.4 Å². The van der Waals surface area contributed by atoms with E-state index in [1.165, 1.54) is 31.1 Å². The molecule has 5 heteroatoms. The second kappa shape index (κ2) is 6.25. The molecule has 1 fully saturated rings. The minimum atomic E-state index is 0. The second-order valence-corrected chi connectivity index (χ2v) is 6.14. The number of benzene rings is 1. The number of rotatable bonds is 2. The average molecular weight is 345 g/mol. The van der Waals surface area contributed by atoms with Crippen LogP contribution in [0, 0.1) is 5.92 Å². The maximum absolute atomic E-state index is 5.74. The molecule has 1 heterocycles. The Hall–Kier alpha value is -0.580. The van der Waals surface area contributed by atoms with E-state index in [0.29, 0.717) is 6.04 Å². The van der Waals surface area contributed by atoms with Gasteiger partial charge < -0.3 is 5.73 Å². The third kappa shape index (κ3) is 3.12. The Labute approximate surface area is 128 Å². The fourth-order valence-corrected chi connectivity index (χ4v) is 3.19. The van der Waals surface area contributed by atoms with Crippen LogP contribution < -0.4 is 5.73 Å². The number of fused-ring (bicyclic) bond motifs is 1. The molecule has 0 bridgehead atoms. The summed E-state index contributed by atoms with van der Waals surface area (Å²) in [6.45, 7) is 0.834. The van der Waals surface area contributed by atoms with Crippen molar-refractivity contribution >= 4 is 39.2 Å². The van der Waals surface area contributed by atoms with E-state index in [1.807, 2.05) is 0 Å². The predicted molar refractivity (Wildman–Crippen MR) is 84.7 cm³/mol. The number of nitrogens with zero attached hydrogens (tertiary/aromatic N) is 2. The maximum Gasteiger partial charge on any atom is 0.0934 e. The van der Waals surface area contributed by atoms with Crippen molar-refractivity contribution in [3.05, 3.63) is 28.9 Å². The van der Waals surface area contributed by atoms with Crippen molar-refractivity contribution in [3.63, 3.8) is 0 Å². The van der Waals surface area contributed by atoms with Crippen LogP contribution in [-0.2, 0) is 0 Å². The summed E-state index contributed by atoms with van der Waals surface area (Å²) in [5, 5.41) is 5.92. The van der Waals surface area contributed by atoms with Crippen LogP contribution in [0.5, 0.6) is 0 Å².